The Balaban J connectivity index is 0.000000378. The Hall–Kier alpha value is -2.26. The number of aliphatic hydroxyl groups excluding tert-OH is 3. The number of esters is 1. The van der Waals surface area contributed by atoms with Crippen LogP contribution in [0.4, 0.5) is 5.69 Å². The second-order valence-electron chi connectivity index (χ2n) is 9.74. The molecule has 2 aromatic rings. The molecule has 2 heterocycles. The number of carbonyl (C=O) groups excluding carboxylic acids is 2. The van der Waals surface area contributed by atoms with Gasteiger partial charge < -0.3 is 25.0 Å². The van der Waals surface area contributed by atoms with Crippen LogP contribution in [0.15, 0.2) is 36.4 Å². The molecule has 0 bridgehead atoms. The van der Waals surface area contributed by atoms with Crippen LogP contribution in [0.1, 0.15) is 106 Å². The van der Waals surface area contributed by atoms with Crippen LogP contribution in [0.5, 0.6) is 0 Å². The Morgan fingerprint density at radius 1 is 0.950 bits per heavy atom. The summed E-state index contributed by atoms with van der Waals surface area (Å²) in [7, 11) is 0. The summed E-state index contributed by atoms with van der Waals surface area (Å²) in [6.45, 7) is 8.92. The van der Waals surface area contributed by atoms with Crippen LogP contribution in [0.25, 0.3) is 0 Å². The number of anilines is 1. The first kappa shape index (κ1) is 35.8. The lowest BCUT2D eigenvalue weighted by Gasteiger charge is -2.15. The molecule has 1 amide bonds. The molecule has 226 valence electrons. The van der Waals surface area contributed by atoms with Crippen molar-refractivity contribution in [2.75, 3.05) is 24.7 Å². The lowest BCUT2D eigenvalue weighted by molar-refractivity contribution is -0.117. The molecule has 1 aromatic heterocycles. The highest BCUT2D eigenvalue weighted by Crippen LogP contribution is 2.22. The number of hydrogen-bond acceptors (Lipinski definition) is 7. The van der Waals surface area contributed by atoms with Crippen LogP contribution >= 0.6 is 11.3 Å². The SMILES string of the molecule is CC.CCCCCCc1ccc(N2CCCC2=O)cc1.CCCc1ccc(C(=O)OCCCC(O)C(O)CO)s1. The minimum absolute atomic E-state index is 0.190. The summed E-state index contributed by atoms with van der Waals surface area (Å²) in [6.07, 6.45) is 8.68. The number of nitrogens with zero attached hydrogens (tertiary/aromatic N) is 1. The average Bonchev–Trinajstić information content (AvgIpc) is 3.64. The van der Waals surface area contributed by atoms with Crippen molar-refractivity contribution in [3.8, 4) is 0 Å². The van der Waals surface area contributed by atoms with E-state index in [2.05, 4.69) is 38.1 Å². The second-order valence-corrected chi connectivity index (χ2v) is 10.9. The quantitative estimate of drug-likeness (QED) is 0.169. The molecule has 8 heteroatoms. The molecule has 0 saturated carbocycles. The number of benzene rings is 1. The van der Waals surface area contributed by atoms with E-state index < -0.39 is 18.8 Å². The van der Waals surface area contributed by atoms with E-state index in [9.17, 15) is 14.7 Å². The third-order valence-corrected chi connectivity index (χ3v) is 7.63. The molecule has 0 spiro atoms. The fourth-order valence-corrected chi connectivity index (χ4v) is 5.23. The molecule has 3 N–H and O–H groups in total. The average molecular weight is 578 g/mol. The van der Waals surface area contributed by atoms with E-state index >= 15 is 0 Å². The zero-order valence-electron chi connectivity index (χ0n) is 24.9. The minimum atomic E-state index is -1.14. The first-order chi connectivity index (χ1) is 19.4. The van der Waals surface area contributed by atoms with E-state index in [0.717, 1.165) is 37.9 Å². The van der Waals surface area contributed by atoms with Crippen LogP contribution < -0.4 is 4.90 Å². The molecular formula is C32H51NO6S. The van der Waals surface area contributed by atoms with Gasteiger partial charge in [-0.15, -0.1) is 11.3 Å². The van der Waals surface area contributed by atoms with Crippen molar-refractivity contribution >= 4 is 28.9 Å². The number of ether oxygens (including phenoxy) is 1. The zero-order chi connectivity index (χ0) is 29.8. The number of amides is 1. The van der Waals surface area contributed by atoms with Crippen molar-refractivity contribution in [3.63, 3.8) is 0 Å². The standard InChI is InChI=1S/C16H23NO.C14H22O5S.C2H6/c1-2-3-4-5-7-14-9-11-15(12-10-14)17-13-6-8-16(17)18;1-2-4-10-6-7-13(20-10)14(18)19-8-3-5-11(16)12(17)9-15;1-2/h9-12H,2-8,13H2,1H3;6-7,11-12,15-17H,2-5,8-9H2,1H3;1-2H3. The minimum Gasteiger partial charge on any atom is -0.462 e. The Morgan fingerprint density at radius 3 is 2.27 bits per heavy atom. The second kappa shape index (κ2) is 21.5. The zero-order valence-corrected chi connectivity index (χ0v) is 25.8. The fraction of sp³-hybridized carbons (Fsp3) is 0.625. The Bertz CT molecular complexity index is 945. The maximum absolute atomic E-state index is 11.7. The lowest BCUT2D eigenvalue weighted by Crippen LogP contribution is -2.29. The Morgan fingerprint density at radius 2 is 1.68 bits per heavy atom. The highest BCUT2D eigenvalue weighted by Gasteiger charge is 2.21. The van der Waals surface area contributed by atoms with Gasteiger partial charge in [-0.25, -0.2) is 4.79 Å². The van der Waals surface area contributed by atoms with Gasteiger partial charge in [-0.1, -0.05) is 65.5 Å². The largest absolute Gasteiger partial charge is 0.462 e. The molecule has 1 aliphatic rings. The number of aryl methyl sites for hydroxylation is 2. The number of thiophene rings is 1. The summed E-state index contributed by atoms with van der Waals surface area (Å²) in [4.78, 5) is 27.0. The summed E-state index contributed by atoms with van der Waals surface area (Å²) in [5, 5.41) is 27.2. The summed E-state index contributed by atoms with van der Waals surface area (Å²) in [5.74, 6) is -0.0831. The van der Waals surface area contributed by atoms with Crippen molar-refractivity contribution in [1.29, 1.82) is 0 Å². The molecule has 0 radical (unpaired) electrons. The third-order valence-electron chi connectivity index (χ3n) is 6.51. The van der Waals surface area contributed by atoms with Gasteiger partial charge in [-0.2, -0.15) is 0 Å². The van der Waals surface area contributed by atoms with Gasteiger partial charge >= 0.3 is 5.97 Å². The normalized spacial score (nSPS) is 14.1. The maximum Gasteiger partial charge on any atom is 0.348 e. The highest BCUT2D eigenvalue weighted by molar-refractivity contribution is 7.13. The summed E-state index contributed by atoms with van der Waals surface area (Å²) >= 11 is 1.44. The monoisotopic (exact) mass is 577 g/mol. The van der Waals surface area contributed by atoms with Gasteiger partial charge in [0.25, 0.3) is 0 Å². The molecule has 3 rings (SSSR count). The first-order valence-electron chi connectivity index (χ1n) is 15.0. The number of aliphatic hydroxyl groups is 3. The Labute approximate surface area is 245 Å². The van der Waals surface area contributed by atoms with Crippen LogP contribution in [0, 0.1) is 0 Å². The van der Waals surface area contributed by atoms with Gasteiger partial charge in [0.1, 0.15) is 11.0 Å². The third kappa shape index (κ3) is 13.4. The van der Waals surface area contributed by atoms with Gasteiger partial charge in [0.15, 0.2) is 0 Å². The summed E-state index contributed by atoms with van der Waals surface area (Å²) in [5.41, 5.74) is 2.45. The summed E-state index contributed by atoms with van der Waals surface area (Å²) in [6, 6.07) is 12.2. The molecule has 1 aromatic carbocycles. The van der Waals surface area contributed by atoms with E-state index in [1.54, 1.807) is 6.07 Å². The molecule has 40 heavy (non-hydrogen) atoms. The van der Waals surface area contributed by atoms with E-state index in [0.29, 0.717) is 17.7 Å². The first-order valence-corrected chi connectivity index (χ1v) is 15.8. The number of carbonyl (C=O) groups is 2. The van der Waals surface area contributed by atoms with Crippen molar-refractivity contribution in [3.05, 3.63) is 51.7 Å². The van der Waals surface area contributed by atoms with E-state index in [4.69, 9.17) is 14.9 Å². The number of rotatable bonds is 15. The van der Waals surface area contributed by atoms with E-state index in [-0.39, 0.29) is 24.9 Å². The van der Waals surface area contributed by atoms with Gasteiger partial charge in [0.2, 0.25) is 5.91 Å². The molecule has 0 aliphatic carbocycles. The van der Waals surface area contributed by atoms with Crippen molar-refractivity contribution < 1.29 is 29.6 Å². The van der Waals surface area contributed by atoms with Crippen molar-refractivity contribution in [1.82, 2.24) is 0 Å². The van der Waals surface area contributed by atoms with Crippen LogP contribution in [0.2, 0.25) is 0 Å². The van der Waals surface area contributed by atoms with Gasteiger partial charge in [-0.05, 0) is 68.4 Å². The molecule has 2 unspecified atom stereocenters. The predicted octanol–water partition coefficient (Wildman–Crippen LogP) is 6.31. The molecular weight excluding hydrogens is 526 g/mol. The number of hydrogen-bond donors (Lipinski definition) is 3. The van der Waals surface area contributed by atoms with Gasteiger partial charge in [-0.3, -0.25) is 4.79 Å². The topological polar surface area (TPSA) is 107 Å². The molecule has 1 fully saturated rings. The molecule has 1 saturated heterocycles. The molecule has 1 aliphatic heterocycles. The fourth-order valence-electron chi connectivity index (χ4n) is 4.23. The van der Waals surface area contributed by atoms with Gasteiger partial charge in [0.05, 0.1) is 19.3 Å². The van der Waals surface area contributed by atoms with Crippen LogP contribution in [-0.2, 0) is 22.4 Å². The van der Waals surface area contributed by atoms with Crippen LogP contribution in [0.3, 0.4) is 0 Å². The lowest BCUT2D eigenvalue weighted by atomic mass is 10.1. The smallest absolute Gasteiger partial charge is 0.348 e. The van der Waals surface area contributed by atoms with Crippen molar-refractivity contribution in [2.24, 2.45) is 0 Å². The summed E-state index contributed by atoms with van der Waals surface area (Å²) < 4.78 is 5.10. The maximum atomic E-state index is 11.7. The van der Waals surface area contributed by atoms with Crippen LogP contribution in [-0.4, -0.2) is 59.2 Å². The Kier molecular flexibility index (Phi) is 19.2. The van der Waals surface area contributed by atoms with E-state index in [1.807, 2.05) is 24.8 Å². The van der Waals surface area contributed by atoms with E-state index in [1.165, 1.54) is 47.5 Å². The molecule has 2 atom stereocenters. The van der Waals surface area contributed by atoms with Gasteiger partial charge in [0, 0.05) is 23.5 Å². The predicted molar refractivity (Wildman–Crippen MR) is 164 cm³/mol. The molecule has 7 nitrogen and oxygen atoms in total. The van der Waals surface area contributed by atoms with Crippen molar-refractivity contribution in [2.45, 2.75) is 111 Å². The highest BCUT2D eigenvalue weighted by atomic mass is 32.1. The number of unbranched alkanes of at least 4 members (excludes halogenated alkanes) is 3.